The number of aliphatic hydroxyl groups is 1. The van der Waals surface area contributed by atoms with Crippen LogP contribution in [-0.4, -0.2) is 19.6 Å². The number of nitrogens with one attached hydrogen (secondary N) is 1. The molecular formula is C13H18FNO3S. The molecule has 6 heteroatoms. The first-order valence-electron chi connectivity index (χ1n) is 6.35. The number of sulfonamides is 1. The number of aliphatic hydroxyl groups excluding tert-OH is 1. The van der Waals surface area contributed by atoms with Gasteiger partial charge in [0.25, 0.3) is 0 Å². The second-order valence-corrected chi connectivity index (χ2v) is 6.76. The summed E-state index contributed by atoms with van der Waals surface area (Å²) in [6.07, 6.45) is 2.85. The summed E-state index contributed by atoms with van der Waals surface area (Å²) < 4.78 is 40.3. The van der Waals surface area contributed by atoms with Crippen molar-refractivity contribution in [2.24, 2.45) is 5.92 Å². The predicted molar refractivity (Wildman–Crippen MR) is 69.4 cm³/mol. The number of hydrogen-bond donors (Lipinski definition) is 2. The first-order chi connectivity index (χ1) is 8.94. The summed E-state index contributed by atoms with van der Waals surface area (Å²) in [5.74, 6) is -0.289. The van der Waals surface area contributed by atoms with E-state index in [9.17, 15) is 12.8 Å². The van der Waals surface area contributed by atoms with Crippen molar-refractivity contribution in [1.29, 1.82) is 0 Å². The third-order valence-electron chi connectivity index (χ3n) is 3.67. The van der Waals surface area contributed by atoms with Gasteiger partial charge in [0, 0.05) is 11.6 Å². The third-order valence-corrected chi connectivity index (χ3v) is 5.15. The molecule has 2 rings (SSSR count). The molecule has 0 saturated heterocycles. The van der Waals surface area contributed by atoms with Gasteiger partial charge in [-0.15, -0.1) is 0 Å². The van der Waals surface area contributed by atoms with Crippen molar-refractivity contribution < 1.29 is 17.9 Å². The second kappa shape index (κ2) is 5.56. The first kappa shape index (κ1) is 14.4. The van der Waals surface area contributed by atoms with E-state index in [1.807, 2.05) is 6.92 Å². The minimum absolute atomic E-state index is 0.00273. The molecule has 0 radical (unpaired) electrons. The predicted octanol–water partition coefficient (Wildman–Crippen LogP) is 1.78. The Bertz CT molecular complexity index is 559. The van der Waals surface area contributed by atoms with Gasteiger partial charge in [-0.05, 0) is 37.0 Å². The van der Waals surface area contributed by atoms with E-state index in [1.165, 1.54) is 12.1 Å². The summed E-state index contributed by atoms with van der Waals surface area (Å²) in [5, 5.41) is 8.98. The number of hydrogen-bond acceptors (Lipinski definition) is 3. The number of rotatable bonds is 4. The smallest absolute Gasteiger partial charge is 0.240 e. The summed E-state index contributed by atoms with van der Waals surface area (Å²) in [5.41, 5.74) is -0.0117. The van der Waals surface area contributed by atoms with E-state index in [4.69, 9.17) is 5.11 Å². The molecule has 2 atom stereocenters. The molecule has 1 aliphatic rings. The second-order valence-electron chi connectivity index (χ2n) is 5.05. The normalized spacial score (nSPS) is 23.7. The van der Waals surface area contributed by atoms with Crippen molar-refractivity contribution in [3.05, 3.63) is 29.6 Å². The molecule has 1 aromatic carbocycles. The number of halogens is 1. The van der Waals surface area contributed by atoms with E-state index in [2.05, 4.69) is 4.72 Å². The Hall–Kier alpha value is -0.980. The van der Waals surface area contributed by atoms with Crippen molar-refractivity contribution in [2.45, 2.75) is 43.7 Å². The molecule has 4 nitrogen and oxygen atoms in total. The molecule has 1 fully saturated rings. The van der Waals surface area contributed by atoms with Gasteiger partial charge in [0.1, 0.15) is 5.82 Å². The first-order valence-corrected chi connectivity index (χ1v) is 7.84. The number of benzene rings is 1. The van der Waals surface area contributed by atoms with Crippen LogP contribution in [0.2, 0.25) is 0 Å². The zero-order valence-corrected chi connectivity index (χ0v) is 11.6. The van der Waals surface area contributed by atoms with Gasteiger partial charge in [0.05, 0.1) is 11.5 Å². The Balaban J connectivity index is 2.24. The molecule has 0 spiro atoms. The molecule has 2 N–H and O–H groups in total. The van der Waals surface area contributed by atoms with Gasteiger partial charge in [-0.25, -0.2) is 17.5 Å². The van der Waals surface area contributed by atoms with Gasteiger partial charge in [-0.2, -0.15) is 0 Å². The van der Waals surface area contributed by atoms with E-state index in [0.29, 0.717) is 5.92 Å². The van der Waals surface area contributed by atoms with Crippen molar-refractivity contribution in [3.63, 3.8) is 0 Å². The van der Waals surface area contributed by atoms with Crippen LogP contribution in [0.15, 0.2) is 23.1 Å². The van der Waals surface area contributed by atoms with E-state index < -0.39 is 22.4 Å². The molecule has 1 aliphatic carbocycles. The molecule has 0 heterocycles. The van der Waals surface area contributed by atoms with E-state index >= 15 is 0 Å². The van der Waals surface area contributed by atoms with Crippen molar-refractivity contribution >= 4 is 10.0 Å². The van der Waals surface area contributed by atoms with Crippen LogP contribution >= 0.6 is 0 Å². The van der Waals surface area contributed by atoms with Crippen molar-refractivity contribution in [3.8, 4) is 0 Å². The average Bonchev–Trinajstić information content (AvgIpc) is 2.74. The van der Waals surface area contributed by atoms with Crippen LogP contribution in [0.5, 0.6) is 0 Å². The molecule has 106 valence electrons. The van der Waals surface area contributed by atoms with Crippen LogP contribution < -0.4 is 4.72 Å². The highest BCUT2D eigenvalue weighted by molar-refractivity contribution is 7.89. The standard InChI is InChI=1S/C13H18FNO3S/c1-9-3-2-4-13(9)15-19(17,18)11-5-6-12(14)10(7-11)8-16/h5-7,9,13,15-16H,2-4,8H2,1H3. The largest absolute Gasteiger partial charge is 0.392 e. The summed E-state index contributed by atoms with van der Waals surface area (Å²) in [6.45, 7) is 1.50. The fourth-order valence-corrected chi connectivity index (χ4v) is 3.86. The van der Waals surface area contributed by atoms with Gasteiger partial charge >= 0.3 is 0 Å². The fourth-order valence-electron chi connectivity index (χ4n) is 2.43. The lowest BCUT2D eigenvalue weighted by Gasteiger charge is -2.17. The highest BCUT2D eigenvalue weighted by Crippen LogP contribution is 2.26. The Morgan fingerprint density at radius 3 is 2.74 bits per heavy atom. The van der Waals surface area contributed by atoms with Crippen LogP contribution in [0.1, 0.15) is 31.7 Å². The zero-order valence-electron chi connectivity index (χ0n) is 10.8. The van der Waals surface area contributed by atoms with Crippen LogP contribution in [0.25, 0.3) is 0 Å². The molecule has 19 heavy (non-hydrogen) atoms. The quantitative estimate of drug-likeness (QED) is 0.887. The molecule has 0 amide bonds. The maximum absolute atomic E-state index is 13.2. The third kappa shape index (κ3) is 3.13. The van der Waals surface area contributed by atoms with Crippen LogP contribution in [0, 0.1) is 11.7 Å². The molecule has 0 bridgehead atoms. The highest BCUT2D eigenvalue weighted by atomic mass is 32.2. The zero-order chi connectivity index (χ0) is 14.0. The summed E-state index contributed by atoms with van der Waals surface area (Å²) >= 11 is 0. The summed E-state index contributed by atoms with van der Waals surface area (Å²) in [6, 6.07) is 3.40. The van der Waals surface area contributed by atoms with Crippen LogP contribution in [0.4, 0.5) is 4.39 Å². The van der Waals surface area contributed by atoms with E-state index in [0.717, 1.165) is 25.3 Å². The average molecular weight is 287 g/mol. The lowest BCUT2D eigenvalue weighted by Crippen LogP contribution is -2.36. The van der Waals surface area contributed by atoms with Crippen LogP contribution in [-0.2, 0) is 16.6 Å². The fraction of sp³-hybridized carbons (Fsp3) is 0.538. The Labute approximate surface area is 112 Å². The summed E-state index contributed by atoms with van der Waals surface area (Å²) in [4.78, 5) is -0.00273. The van der Waals surface area contributed by atoms with Gasteiger partial charge in [0.2, 0.25) is 10.0 Å². The van der Waals surface area contributed by atoms with Gasteiger partial charge < -0.3 is 5.11 Å². The Kier molecular flexibility index (Phi) is 4.23. The maximum atomic E-state index is 13.2. The molecule has 1 aromatic rings. The topological polar surface area (TPSA) is 66.4 Å². The van der Waals surface area contributed by atoms with Crippen LogP contribution in [0.3, 0.4) is 0 Å². The molecule has 2 unspecified atom stereocenters. The maximum Gasteiger partial charge on any atom is 0.240 e. The Morgan fingerprint density at radius 2 is 2.16 bits per heavy atom. The Morgan fingerprint density at radius 1 is 1.42 bits per heavy atom. The van der Waals surface area contributed by atoms with Gasteiger partial charge in [-0.1, -0.05) is 13.3 Å². The SMILES string of the molecule is CC1CCCC1NS(=O)(=O)c1ccc(F)c(CO)c1. The van der Waals surface area contributed by atoms with Crippen molar-refractivity contribution in [2.75, 3.05) is 0 Å². The van der Waals surface area contributed by atoms with Gasteiger partial charge in [0.15, 0.2) is 0 Å². The molecule has 0 aliphatic heterocycles. The van der Waals surface area contributed by atoms with E-state index in [-0.39, 0.29) is 16.5 Å². The van der Waals surface area contributed by atoms with Crippen molar-refractivity contribution in [1.82, 2.24) is 4.72 Å². The molecular weight excluding hydrogens is 269 g/mol. The highest BCUT2D eigenvalue weighted by Gasteiger charge is 2.28. The monoisotopic (exact) mass is 287 g/mol. The van der Waals surface area contributed by atoms with E-state index in [1.54, 1.807) is 0 Å². The lowest BCUT2D eigenvalue weighted by molar-refractivity contribution is 0.275. The lowest BCUT2D eigenvalue weighted by atomic mass is 10.1. The minimum atomic E-state index is -3.65. The molecule has 0 aromatic heterocycles. The molecule has 1 saturated carbocycles. The van der Waals surface area contributed by atoms with Gasteiger partial charge in [-0.3, -0.25) is 0 Å². The minimum Gasteiger partial charge on any atom is -0.392 e. The summed E-state index contributed by atoms with van der Waals surface area (Å²) in [7, 11) is -3.65.